The average Bonchev–Trinajstić information content (AvgIpc) is 2.45. The van der Waals surface area contributed by atoms with Gasteiger partial charge in [-0.3, -0.25) is 14.9 Å². The summed E-state index contributed by atoms with van der Waals surface area (Å²) < 4.78 is 0. The summed E-state index contributed by atoms with van der Waals surface area (Å²) in [4.78, 5) is 20.8. The fourth-order valence-corrected chi connectivity index (χ4v) is 1.43. The van der Waals surface area contributed by atoms with Gasteiger partial charge in [-0.25, -0.2) is 0 Å². The van der Waals surface area contributed by atoms with Crippen molar-refractivity contribution in [2.75, 3.05) is 0 Å². The maximum Gasteiger partial charge on any atom is 0.269 e. The first-order valence-corrected chi connectivity index (χ1v) is 5.41. The van der Waals surface area contributed by atoms with Gasteiger partial charge < -0.3 is 0 Å². The van der Waals surface area contributed by atoms with E-state index in [0.717, 1.165) is 0 Å². The van der Waals surface area contributed by atoms with E-state index in [9.17, 15) is 14.9 Å². The first-order valence-electron chi connectivity index (χ1n) is 5.41. The number of nitro groups is 1. The highest BCUT2D eigenvalue weighted by Crippen LogP contribution is 2.22. The third kappa shape index (κ3) is 3.06. The molecule has 0 aliphatic heterocycles. The van der Waals surface area contributed by atoms with Crippen LogP contribution < -0.4 is 0 Å². The lowest BCUT2D eigenvalue weighted by Gasteiger charge is -1.96. The number of aldehydes is 1. The molecular formula is C13H9N3O3. The molecule has 0 aromatic heterocycles. The van der Waals surface area contributed by atoms with Gasteiger partial charge in [0.25, 0.3) is 5.69 Å². The lowest BCUT2D eigenvalue weighted by Crippen LogP contribution is -1.85. The maximum atomic E-state index is 10.8. The Hall–Kier alpha value is -2.89. The van der Waals surface area contributed by atoms with Crippen LogP contribution in [0.1, 0.15) is 10.4 Å². The van der Waals surface area contributed by atoms with Crippen molar-refractivity contribution in [3.63, 3.8) is 0 Å². The van der Waals surface area contributed by atoms with E-state index in [4.69, 9.17) is 0 Å². The summed E-state index contributed by atoms with van der Waals surface area (Å²) in [5.74, 6) is 0. The Morgan fingerprint density at radius 1 is 1.00 bits per heavy atom. The van der Waals surface area contributed by atoms with Gasteiger partial charge in [0.2, 0.25) is 0 Å². The van der Waals surface area contributed by atoms with Crippen molar-refractivity contribution in [1.29, 1.82) is 0 Å². The van der Waals surface area contributed by atoms with Crippen molar-refractivity contribution in [2.24, 2.45) is 10.2 Å². The van der Waals surface area contributed by atoms with Gasteiger partial charge in [-0.15, -0.1) is 5.11 Å². The number of carbonyl (C=O) groups is 1. The van der Waals surface area contributed by atoms with Crippen LogP contribution in [0.15, 0.2) is 58.8 Å². The molecule has 0 unspecified atom stereocenters. The van der Waals surface area contributed by atoms with Crippen molar-refractivity contribution >= 4 is 23.3 Å². The Morgan fingerprint density at radius 3 is 2.32 bits per heavy atom. The standard InChI is InChI=1S/C13H9N3O3/c17-9-10-3-1-2-4-13(10)15-14-11-5-7-12(8-6-11)16(18)19/h1-9H. The van der Waals surface area contributed by atoms with E-state index in [-0.39, 0.29) is 5.69 Å². The van der Waals surface area contributed by atoms with Gasteiger partial charge in [0.1, 0.15) is 0 Å². The zero-order chi connectivity index (χ0) is 13.7. The highest BCUT2D eigenvalue weighted by atomic mass is 16.6. The Kier molecular flexibility index (Phi) is 3.72. The quantitative estimate of drug-likeness (QED) is 0.360. The second-order valence-corrected chi connectivity index (χ2v) is 3.65. The third-order valence-corrected chi connectivity index (χ3v) is 2.40. The highest BCUT2D eigenvalue weighted by molar-refractivity contribution is 5.82. The summed E-state index contributed by atoms with van der Waals surface area (Å²) in [6.45, 7) is 0. The number of hydrogen-bond donors (Lipinski definition) is 0. The first kappa shape index (κ1) is 12.6. The van der Waals surface area contributed by atoms with Crippen LogP contribution in [0.4, 0.5) is 17.1 Å². The van der Waals surface area contributed by atoms with Crippen LogP contribution in [-0.2, 0) is 0 Å². The number of nitrogens with zero attached hydrogens (tertiary/aromatic N) is 3. The van der Waals surface area contributed by atoms with Crippen molar-refractivity contribution in [3.8, 4) is 0 Å². The predicted molar refractivity (Wildman–Crippen MR) is 69.1 cm³/mol. The molecule has 0 atom stereocenters. The molecule has 0 aliphatic rings. The van der Waals surface area contributed by atoms with E-state index in [0.29, 0.717) is 23.2 Å². The van der Waals surface area contributed by atoms with Crippen LogP contribution in [0.5, 0.6) is 0 Å². The molecule has 0 saturated heterocycles. The molecule has 2 aromatic rings. The number of non-ortho nitro benzene ring substituents is 1. The van der Waals surface area contributed by atoms with Gasteiger partial charge in [0.15, 0.2) is 6.29 Å². The van der Waals surface area contributed by atoms with E-state index in [1.54, 1.807) is 24.3 Å². The Bertz CT molecular complexity index is 636. The minimum absolute atomic E-state index is 0.00718. The smallest absolute Gasteiger partial charge is 0.269 e. The van der Waals surface area contributed by atoms with Crippen LogP contribution >= 0.6 is 0 Å². The van der Waals surface area contributed by atoms with Crippen molar-refractivity contribution in [3.05, 3.63) is 64.2 Å². The molecule has 0 heterocycles. The van der Waals surface area contributed by atoms with E-state index >= 15 is 0 Å². The molecular weight excluding hydrogens is 246 g/mol. The number of hydrogen-bond acceptors (Lipinski definition) is 5. The zero-order valence-corrected chi connectivity index (χ0v) is 9.76. The third-order valence-electron chi connectivity index (χ3n) is 2.40. The maximum absolute atomic E-state index is 10.8. The Morgan fingerprint density at radius 2 is 1.68 bits per heavy atom. The van der Waals surface area contributed by atoms with Gasteiger partial charge >= 0.3 is 0 Å². The summed E-state index contributed by atoms with van der Waals surface area (Å²) in [5, 5.41) is 18.4. The summed E-state index contributed by atoms with van der Waals surface area (Å²) >= 11 is 0. The molecule has 94 valence electrons. The summed E-state index contributed by atoms with van der Waals surface area (Å²) in [5.41, 5.74) is 1.36. The number of benzene rings is 2. The average molecular weight is 255 g/mol. The normalized spacial score (nSPS) is 10.5. The topological polar surface area (TPSA) is 84.9 Å². The predicted octanol–water partition coefficient (Wildman–Crippen LogP) is 3.82. The monoisotopic (exact) mass is 255 g/mol. The van der Waals surface area contributed by atoms with Crippen LogP contribution in [0.2, 0.25) is 0 Å². The largest absolute Gasteiger partial charge is 0.298 e. The first-order chi connectivity index (χ1) is 9.20. The molecule has 0 bridgehead atoms. The molecule has 0 aliphatic carbocycles. The fraction of sp³-hybridized carbons (Fsp3) is 0. The van der Waals surface area contributed by atoms with Crippen LogP contribution in [0.25, 0.3) is 0 Å². The second kappa shape index (κ2) is 5.63. The highest BCUT2D eigenvalue weighted by Gasteiger charge is 2.03. The molecule has 2 rings (SSSR count). The molecule has 6 nitrogen and oxygen atoms in total. The number of rotatable bonds is 4. The lowest BCUT2D eigenvalue weighted by molar-refractivity contribution is -0.384. The molecule has 0 N–H and O–H groups in total. The Balaban J connectivity index is 2.22. The van der Waals surface area contributed by atoms with E-state index in [1.165, 1.54) is 24.3 Å². The minimum Gasteiger partial charge on any atom is -0.298 e. The molecule has 2 aromatic carbocycles. The molecule has 19 heavy (non-hydrogen) atoms. The van der Waals surface area contributed by atoms with Crippen molar-refractivity contribution < 1.29 is 9.72 Å². The second-order valence-electron chi connectivity index (χ2n) is 3.65. The molecule has 0 saturated carbocycles. The minimum atomic E-state index is -0.484. The number of nitro benzene ring substituents is 1. The van der Waals surface area contributed by atoms with Crippen molar-refractivity contribution in [2.45, 2.75) is 0 Å². The molecule has 0 spiro atoms. The molecule has 6 heteroatoms. The van der Waals surface area contributed by atoms with Crippen LogP contribution in [0, 0.1) is 10.1 Å². The summed E-state index contributed by atoms with van der Waals surface area (Å²) in [6, 6.07) is 12.5. The lowest BCUT2D eigenvalue weighted by atomic mass is 10.2. The van der Waals surface area contributed by atoms with Gasteiger partial charge in [0, 0.05) is 17.7 Å². The molecule has 0 fully saturated rings. The molecule has 0 radical (unpaired) electrons. The van der Waals surface area contributed by atoms with Gasteiger partial charge in [-0.2, -0.15) is 5.11 Å². The number of carbonyl (C=O) groups excluding carboxylic acids is 1. The van der Waals surface area contributed by atoms with Crippen molar-refractivity contribution in [1.82, 2.24) is 0 Å². The molecule has 0 amide bonds. The Labute approximate surface area is 108 Å². The van der Waals surface area contributed by atoms with Gasteiger partial charge in [-0.05, 0) is 24.3 Å². The number of azo groups is 1. The van der Waals surface area contributed by atoms with E-state index < -0.39 is 4.92 Å². The SMILES string of the molecule is O=Cc1ccccc1N=Nc1ccc([N+](=O)[O-])cc1. The summed E-state index contributed by atoms with van der Waals surface area (Å²) in [7, 11) is 0. The summed E-state index contributed by atoms with van der Waals surface area (Å²) in [6.07, 6.45) is 0.699. The van der Waals surface area contributed by atoms with Gasteiger partial charge in [-0.1, -0.05) is 12.1 Å². The van der Waals surface area contributed by atoms with E-state index in [1.807, 2.05) is 0 Å². The van der Waals surface area contributed by atoms with Gasteiger partial charge in [0.05, 0.1) is 16.3 Å². The fourth-order valence-electron chi connectivity index (χ4n) is 1.43. The zero-order valence-electron chi connectivity index (χ0n) is 9.76. The van der Waals surface area contributed by atoms with Crippen LogP contribution in [-0.4, -0.2) is 11.2 Å². The van der Waals surface area contributed by atoms with E-state index in [2.05, 4.69) is 10.2 Å². The van der Waals surface area contributed by atoms with Crippen LogP contribution in [0.3, 0.4) is 0 Å².